The predicted octanol–water partition coefficient (Wildman–Crippen LogP) is 4.55. The molecule has 1 aliphatic rings. The van der Waals surface area contributed by atoms with E-state index in [1.807, 2.05) is 12.1 Å². The van der Waals surface area contributed by atoms with E-state index in [0.717, 1.165) is 11.4 Å². The van der Waals surface area contributed by atoms with Crippen molar-refractivity contribution in [3.05, 3.63) is 70.2 Å². The zero-order valence-corrected chi connectivity index (χ0v) is 12.5. The lowest BCUT2D eigenvalue weighted by molar-refractivity contribution is 0.451. The first-order chi connectivity index (χ1) is 9.72. The van der Waals surface area contributed by atoms with Crippen LogP contribution in [0.2, 0.25) is 5.02 Å². The minimum Gasteiger partial charge on any atom is -0.307 e. The first-order valence-corrected chi connectivity index (χ1v) is 7.68. The molecule has 2 unspecified atom stereocenters. The summed E-state index contributed by atoms with van der Waals surface area (Å²) in [6.45, 7) is 2.25. The first-order valence-electron chi connectivity index (χ1n) is 7.30. The molecule has 0 heterocycles. The summed E-state index contributed by atoms with van der Waals surface area (Å²) in [7, 11) is 0. The van der Waals surface area contributed by atoms with Gasteiger partial charge in [-0.25, -0.2) is 0 Å². The average Bonchev–Trinajstić information content (AvgIpc) is 2.82. The lowest BCUT2D eigenvalue weighted by atomic mass is 10.0. The van der Waals surface area contributed by atoms with E-state index in [4.69, 9.17) is 11.6 Å². The summed E-state index contributed by atoms with van der Waals surface area (Å²) in [5, 5.41) is 4.58. The fourth-order valence-electron chi connectivity index (χ4n) is 3.15. The lowest BCUT2D eigenvalue weighted by Crippen LogP contribution is -2.31. The van der Waals surface area contributed by atoms with E-state index in [0.29, 0.717) is 12.1 Å². The summed E-state index contributed by atoms with van der Waals surface area (Å²) in [6.07, 6.45) is 3.41. The number of fused-ring (bicyclic) bond motifs is 1. The van der Waals surface area contributed by atoms with Gasteiger partial charge in [-0.15, -0.1) is 0 Å². The Hall–Kier alpha value is -1.31. The molecule has 0 saturated carbocycles. The maximum Gasteiger partial charge on any atom is 0.0408 e. The Bertz CT molecular complexity index is 593. The Morgan fingerprint density at radius 1 is 1.20 bits per heavy atom. The highest BCUT2D eigenvalue weighted by Gasteiger charge is 2.22. The molecule has 20 heavy (non-hydrogen) atoms. The maximum atomic E-state index is 6.05. The van der Waals surface area contributed by atoms with Crippen molar-refractivity contribution in [3.8, 4) is 0 Å². The van der Waals surface area contributed by atoms with E-state index in [-0.39, 0.29) is 0 Å². The van der Waals surface area contributed by atoms with Gasteiger partial charge in [0.25, 0.3) is 0 Å². The summed E-state index contributed by atoms with van der Waals surface area (Å²) in [4.78, 5) is 0. The van der Waals surface area contributed by atoms with Gasteiger partial charge in [-0.3, -0.25) is 0 Å². The van der Waals surface area contributed by atoms with Crippen molar-refractivity contribution in [1.29, 1.82) is 0 Å². The van der Waals surface area contributed by atoms with Gasteiger partial charge in [-0.05, 0) is 55.0 Å². The molecule has 3 rings (SSSR count). The van der Waals surface area contributed by atoms with Crippen molar-refractivity contribution in [2.45, 2.75) is 38.3 Å². The van der Waals surface area contributed by atoms with Crippen LogP contribution in [0.3, 0.4) is 0 Å². The van der Waals surface area contributed by atoms with Crippen LogP contribution in [0.25, 0.3) is 0 Å². The molecule has 2 heteroatoms. The van der Waals surface area contributed by atoms with Gasteiger partial charge in [0, 0.05) is 17.1 Å². The van der Waals surface area contributed by atoms with Crippen LogP contribution in [0.5, 0.6) is 0 Å². The number of aryl methyl sites for hydroxylation is 1. The fraction of sp³-hybridized carbons (Fsp3) is 0.333. The van der Waals surface area contributed by atoms with E-state index in [2.05, 4.69) is 48.6 Å². The number of halogens is 1. The van der Waals surface area contributed by atoms with Gasteiger partial charge < -0.3 is 5.32 Å². The van der Waals surface area contributed by atoms with Crippen LogP contribution >= 0.6 is 11.6 Å². The van der Waals surface area contributed by atoms with Gasteiger partial charge in [0.1, 0.15) is 0 Å². The number of hydrogen-bond donors (Lipinski definition) is 1. The third-order valence-corrected chi connectivity index (χ3v) is 4.28. The molecule has 0 saturated heterocycles. The number of hydrogen-bond acceptors (Lipinski definition) is 1. The quantitative estimate of drug-likeness (QED) is 0.869. The standard InChI is InChI=1S/C18H20ClN/c1-13(11-14-5-4-7-16(19)12-14)20-18-10-9-15-6-2-3-8-17(15)18/h2-8,12-13,18,20H,9-11H2,1H3. The molecule has 1 aliphatic carbocycles. The normalized spacial score (nSPS) is 18.8. The summed E-state index contributed by atoms with van der Waals surface area (Å²) >= 11 is 6.05. The predicted molar refractivity (Wildman–Crippen MR) is 85.3 cm³/mol. The molecule has 0 fully saturated rings. The molecule has 0 spiro atoms. The summed E-state index contributed by atoms with van der Waals surface area (Å²) in [5.41, 5.74) is 4.27. The molecule has 104 valence electrons. The molecular formula is C18H20ClN. The fourth-order valence-corrected chi connectivity index (χ4v) is 3.36. The molecule has 2 aromatic carbocycles. The largest absolute Gasteiger partial charge is 0.307 e. The molecule has 0 aromatic heterocycles. The van der Waals surface area contributed by atoms with Crippen LogP contribution in [0.1, 0.15) is 36.1 Å². The topological polar surface area (TPSA) is 12.0 Å². The molecule has 0 aliphatic heterocycles. The number of nitrogens with one attached hydrogen (secondary N) is 1. The van der Waals surface area contributed by atoms with Crippen molar-refractivity contribution in [2.24, 2.45) is 0 Å². The van der Waals surface area contributed by atoms with Crippen LogP contribution in [-0.2, 0) is 12.8 Å². The Morgan fingerprint density at radius 2 is 2.05 bits per heavy atom. The van der Waals surface area contributed by atoms with Crippen LogP contribution in [0.4, 0.5) is 0 Å². The Labute approximate surface area is 126 Å². The number of rotatable bonds is 4. The van der Waals surface area contributed by atoms with Gasteiger partial charge in [-0.1, -0.05) is 48.0 Å². The van der Waals surface area contributed by atoms with Gasteiger partial charge >= 0.3 is 0 Å². The monoisotopic (exact) mass is 285 g/mol. The van der Waals surface area contributed by atoms with E-state index in [1.165, 1.54) is 29.5 Å². The van der Waals surface area contributed by atoms with Crippen molar-refractivity contribution in [2.75, 3.05) is 0 Å². The second-order valence-corrected chi connectivity index (χ2v) is 6.13. The lowest BCUT2D eigenvalue weighted by Gasteiger charge is -2.20. The van der Waals surface area contributed by atoms with E-state index >= 15 is 0 Å². The third-order valence-electron chi connectivity index (χ3n) is 4.05. The Balaban J connectivity index is 1.64. The van der Waals surface area contributed by atoms with Crippen LogP contribution in [0, 0.1) is 0 Å². The minimum atomic E-state index is 0.449. The van der Waals surface area contributed by atoms with Crippen molar-refractivity contribution < 1.29 is 0 Å². The highest BCUT2D eigenvalue weighted by molar-refractivity contribution is 6.30. The second kappa shape index (κ2) is 5.99. The van der Waals surface area contributed by atoms with Gasteiger partial charge in [0.2, 0.25) is 0 Å². The highest BCUT2D eigenvalue weighted by Crippen LogP contribution is 2.31. The van der Waals surface area contributed by atoms with Gasteiger partial charge in [-0.2, -0.15) is 0 Å². The summed E-state index contributed by atoms with van der Waals surface area (Å²) < 4.78 is 0. The molecule has 1 nitrogen and oxygen atoms in total. The van der Waals surface area contributed by atoms with E-state index in [1.54, 1.807) is 0 Å². The average molecular weight is 286 g/mol. The molecule has 0 amide bonds. The minimum absolute atomic E-state index is 0.449. The van der Waals surface area contributed by atoms with Crippen LogP contribution in [0.15, 0.2) is 48.5 Å². The van der Waals surface area contributed by atoms with Crippen molar-refractivity contribution in [1.82, 2.24) is 5.32 Å². The molecular weight excluding hydrogens is 266 g/mol. The van der Waals surface area contributed by atoms with E-state index in [9.17, 15) is 0 Å². The number of benzene rings is 2. The summed E-state index contributed by atoms with van der Waals surface area (Å²) in [5.74, 6) is 0. The zero-order valence-electron chi connectivity index (χ0n) is 11.8. The van der Waals surface area contributed by atoms with Crippen LogP contribution in [-0.4, -0.2) is 6.04 Å². The second-order valence-electron chi connectivity index (χ2n) is 5.69. The molecule has 0 bridgehead atoms. The Morgan fingerprint density at radius 3 is 2.90 bits per heavy atom. The molecule has 1 N–H and O–H groups in total. The van der Waals surface area contributed by atoms with Gasteiger partial charge in [0.15, 0.2) is 0 Å². The molecule has 2 atom stereocenters. The molecule has 0 radical (unpaired) electrons. The zero-order chi connectivity index (χ0) is 13.9. The third kappa shape index (κ3) is 3.05. The maximum absolute atomic E-state index is 6.05. The van der Waals surface area contributed by atoms with Crippen molar-refractivity contribution in [3.63, 3.8) is 0 Å². The van der Waals surface area contributed by atoms with Gasteiger partial charge in [0.05, 0.1) is 0 Å². The Kier molecular flexibility index (Phi) is 4.09. The van der Waals surface area contributed by atoms with E-state index < -0.39 is 0 Å². The van der Waals surface area contributed by atoms with Crippen LogP contribution < -0.4 is 5.32 Å². The SMILES string of the molecule is CC(Cc1cccc(Cl)c1)NC1CCc2ccccc21. The first kappa shape index (κ1) is 13.7. The summed E-state index contributed by atoms with van der Waals surface area (Å²) in [6, 6.07) is 17.9. The molecule has 2 aromatic rings. The highest BCUT2D eigenvalue weighted by atomic mass is 35.5. The van der Waals surface area contributed by atoms with Crippen molar-refractivity contribution >= 4 is 11.6 Å². The smallest absolute Gasteiger partial charge is 0.0408 e.